The normalized spacial score (nSPS) is 15.0. The molecule has 2 amide bonds. The number of Topliss-reactive ketones (excluding diaryl/α,β-unsaturated/α-hetero) is 1. The van der Waals surface area contributed by atoms with Crippen molar-refractivity contribution in [3.8, 4) is 0 Å². The SMILES string of the molecule is N[C@@H](Cc1ccccc1)C(=O)c1c(N2C(=O)CCC2=O)ccc2nc3ccccc3cc12. The van der Waals surface area contributed by atoms with E-state index < -0.39 is 6.04 Å². The van der Waals surface area contributed by atoms with Crippen molar-refractivity contribution in [1.82, 2.24) is 4.98 Å². The first-order valence-corrected chi connectivity index (χ1v) is 10.5. The largest absolute Gasteiger partial charge is 0.321 e. The number of carbonyl (C=O) groups is 3. The van der Waals surface area contributed by atoms with Crippen molar-refractivity contribution in [2.24, 2.45) is 5.73 Å². The number of para-hydroxylation sites is 1. The number of fused-ring (bicyclic) bond motifs is 2. The Hall–Kier alpha value is -3.90. The molecule has 0 saturated carbocycles. The number of hydrogen-bond donors (Lipinski definition) is 1. The van der Waals surface area contributed by atoms with Crippen LogP contribution in [0.3, 0.4) is 0 Å². The van der Waals surface area contributed by atoms with E-state index in [1.165, 1.54) is 0 Å². The minimum atomic E-state index is -0.832. The highest BCUT2D eigenvalue weighted by Crippen LogP contribution is 2.34. The molecule has 6 heteroatoms. The summed E-state index contributed by atoms with van der Waals surface area (Å²) in [6.07, 6.45) is 0.617. The maximum Gasteiger partial charge on any atom is 0.234 e. The van der Waals surface area contributed by atoms with Gasteiger partial charge in [0.15, 0.2) is 5.78 Å². The van der Waals surface area contributed by atoms with Crippen molar-refractivity contribution < 1.29 is 14.4 Å². The molecule has 1 saturated heterocycles. The molecule has 1 fully saturated rings. The molecular weight excluding hydrogens is 402 g/mol. The van der Waals surface area contributed by atoms with E-state index in [0.717, 1.165) is 21.4 Å². The second-order valence-electron chi connectivity index (χ2n) is 7.99. The number of hydrogen-bond acceptors (Lipinski definition) is 5. The van der Waals surface area contributed by atoms with Gasteiger partial charge in [-0.3, -0.25) is 14.4 Å². The second kappa shape index (κ2) is 7.98. The standard InChI is InChI=1S/C26H21N3O3/c27-19(14-16-6-2-1-3-7-16)26(32)25-18-15-17-8-4-5-9-20(17)28-21(18)10-11-22(25)29-23(30)12-13-24(29)31/h1-11,15,19H,12-14,27H2/t19-/m0/s1. The molecule has 5 rings (SSSR count). The van der Waals surface area contributed by atoms with Gasteiger partial charge in [-0.15, -0.1) is 0 Å². The summed E-state index contributed by atoms with van der Waals surface area (Å²) in [5.41, 5.74) is 9.27. The maximum absolute atomic E-state index is 13.7. The van der Waals surface area contributed by atoms with Crippen molar-refractivity contribution >= 4 is 45.1 Å². The van der Waals surface area contributed by atoms with E-state index in [-0.39, 0.29) is 41.7 Å². The molecule has 1 aliphatic heterocycles. The number of nitrogens with zero attached hydrogens (tertiary/aromatic N) is 2. The van der Waals surface area contributed by atoms with Gasteiger partial charge in [-0.25, -0.2) is 9.88 Å². The predicted octanol–water partition coefficient (Wildman–Crippen LogP) is 3.79. The minimum absolute atomic E-state index is 0.135. The van der Waals surface area contributed by atoms with Crippen LogP contribution in [0.5, 0.6) is 0 Å². The van der Waals surface area contributed by atoms with Crippen molar-refractivity contribution in [2.45, 2.75) is 25.3 Å². The Labute approximate surface area is 184 Å². The summed E-state index contributed by atoms with van der Waals surface area (Å²) in [4.78, 5) is 44.5. The zero-order valence-electron chi connectivity index (χ0n) is 17.3. The van der Waals surface area contributed by atoms with Crippen LogP contribution < -0.4 is 10.6 Å². The molecule has 1 aliphatic rings. The van der Waals surface area contributed by atoms with Crippen LogP contribution in [0.2, 0.25) is 0 Å². The number of imide groups is 1. The minimum Gasteiger partial charge on any atom is -0.321 e. The lowest BCUT2D eigenvalue weighted by molar-refractivity contribution is -0.121. The van der Waals surface area contributed by atoms with Crippen LogP contribution >= 0.6 is 0 Å². The molecule has 3 aromatic carbocycles. The van der Waals surface area contributed by atoms with Crippen molar-refractivity contribution in [3.05, 3.63) is 83.9 Å². The highest BCUT2D eigenvalue weighted by Gasteiger charge is 2.34. The molecular formula is C26H21N3O3. The number of aromatic nitrogens is 1. The van der Waals surface area contributed by atoms with Gasteiger partial charge in [0, 0.05) is 23.6 Å². The fourth-order valence-electron chi connectivity index (χ4n) is 4.27. The monoisotopic (exact) mass is 423 g/mol. The number of ketones is 1. The fraction of sp³-hybridized carbons (Fsp3) is 0.154. The number of amides is 2. The van der Waals surface area contributed by atoms with E-state index in [1.54, 1.807) is 12.1 Å². The van der Waals surface area contributed by atoms with Gasteiger partial charge in [0.2, 0.25) is 11.8 Å². The highest BCUT2D eigenvalue weighted by atomic mass is 16.2. The Morgan fingerprint density at radius 3 is 2.34 bits per heavy atom. The summed E-state index contributed by atoms with van der Waals surface area (Å²) in [7, 11) is 0. The molecule has 0 radical (unpaired) electrons. The first-order chi connectivity index (χ1) is 15.5. The van der Waals surface area contributed by atoms with Gasteiger partial charge in [0.1, 0.15) is 0 Å². The summed E-state index contributed by atoms with van der Waals surface area (Å²) in [6, 6.07) is 21.6. The summed E-state index contributed by atoms with van der Waals surface area (Å²) < 4.78 is 0. The Morgan fingerprint density at radius 2 is 1.59 bits per heavy atom. The lowest BCUT2D eigenvalue weighted by atomic mass is 9.93. The third-order valence-corrected chi connectivity index (χ3v) is 5.85. The van der Waals surface area contributed by atoms with Crippen LogP contribution in [0.4, 0.5) is 5.69 Å². The van der Waals surface area contributed by atoms with E-state index in [1.807, 2.05) is 60.7 Å². The highest BCUT2D eigenvalue weighted by molar-refractivity contribution is 6.25. The van der Waals surface area contributed by atoms with Crippen LogP contribution in [0, 0.1) is 0 Å². The predicted molar refractivity (Wildman–Crippen MR) is 123 cm³/mol. The first-order valence-electron chi connectivity index (χ1n) is 10.5. The van der Waals surface area contributed by atoms with E-state index in [2.05, 4.69) is 4.98 Å². The molecule has 6 nitrogen and oxygen atoms in total. The van der Waals surface area contributed by atoms with Crippen LogP contribution in [0.25, 0.3) is 21.8 Å². The van der Waals surface area contributed by atoms with Gasteiger partial charge in [0.25, 0.3) is 0 Å². The molecule has 1 aromatic heterocycles. The number of carbonyl (C=O) groups excluding carboxylic acids is 3. The summed E-state index contributed by atoms with van der Waals surface area (Å²) in [5, 5.41) is 1.45. The number of pyridine rings is 1. The van der Waals surface area contributed by atoms with Crippen LogP contribution in [-0.2, 0) is 16.0 Å². The van der Waals surface area contributed by atoms with E-state index >= 15 is 0 Å². The van der Waals surface area contributed by atoms with Gasteiger partial charge < -0.3 is 5.73 Å². The molecule has 2 heterocycles. The second-order valence-corrected chi connectivity index (χ2v) is 7.99. The first kappa shape index (κ1) is 20.0. The molecule has 0 bridgehead atoms. The van der Waals surface area contributed by atoms with Gasteiger partial charge in [-0.2, -0.15) is 0 Å². The number of benzene rings is 3. The molecule has 4 aromatic rings. The van der Waals surface area contributed by atoms with Gasteiger partial charge in [-0.05, 0) is 36.2 Å². The lowest BCUT2D eigenvalue weighted by Crippen LogP contribution is -2.36. The molecule has 158 valence electrons. The Balaban J connectivity index is 1.70. The molecule has 0 spiro atoms. The van der Waals surface area contributed by atoms with Crippen molar-refractivity contribution in [1.29, 1.82) is 0 Å². The fourth-order valence-corrected chi connectivity index (χ4v) is 4.27. The smallest absolute Gasteiger partial charge is 0.234 e. The summed E-state index contributed by atoms with van der Waals surface area (Å²) >= 11 is 0. The Kier molecular flexibility index (Phi) is 4.99. The molecule has 1 atom stereocenters. The average molecular weight is 423 g/mol. The van der Waals surface area contributed by atoms with E-state index in [4.69, 9.17) is 5.73 Å². The van der Waals surface area contributed by atoms with E-state index in [0.29, 0.717) is 17.3 Å². The number of rotatable bonds is 5. The zero-order valence-corrected chi connectivity index (χ0v) is 17.3. The van der Waals surface area contributed by atoms with Crippen LogP contribution in [0.1, 0.15) is 28.8 Å². The van der Waals surface area contributed by atoms with E-state index in [9.17, 15) is 14.4 Å². The summed E-state index contributed by atoms with van der Waals surface area (Å²) in [6.45, 7) is 0. The molecule has 0 aliphatic carbocycles. The third kappa shape index (κ3) is 3.44. The van der Waals surface area contributed by atoms with Gasteiger partial charge in [-0.1, -0.05) is 48.5 Å². The maximum atomic E-state index is 13.7. The van der Waals surface area contributed by atoms with Crippen molar-refractivity contribution in [3.63, 3.8) is 0 Å². The van der Waals surface area contributed by atoms with Crippen LogP contribution in [-0.4, -0.2) is 28.6 Å². The quantitative estimate of drug-likeness (QED) is 0.299. The number of nitrogens with two attached hydrogens (primary N) is 1. The van der Waals surface area contributed by atoms with Gasteiger partial charge >= 0.3 is 0 Å². The molecule has 32 heavy (non-hydrogen) atoms. The zero-order chi connectivity index (χ0) is 22.2. The molecule has 2 N–H and O–H groups in total. The number of anilines is 1. The lowest BCUT2D eigenvalue weighted by Gasteiger charge is -2.21. The van der Waals surface area contributed by atoms with Gasteiger partial charge in [0.05, 0.1) is 28.3 Å². The topological polar surface area (TPSA) is 93.4 Å². The molecule has 0 unspecified atom stereocenters. The third-order valence-electron chi connectivity index (χ3n) is 5.85. The Morgan fingerprint density at radius 1 is 0.906 bits per heavy atom. The average Bonchev–Trinajstić information content (AvgIpc) is 3.14. The Bertz CT molecular complexity index is 1370. The summed E-state index contributed by atoms with van der Waals surface area (Å²) in [5.74, 6) is -0.943. The van der Waals surface area contributed by atoms with Crippen molar-refractivity contribution in [2.75, 3.05) is 4.90 Å². The van der Waals surface area contributed by atoms with Crippen LogP contribution in [0.15, 0.2) is 72.8 Å².